The number of aliphatic carboxylic acids is 1. The highest BCUT2D eigenvalue weighted by molar-refractivity contribution is 5.89. The molecule has 0 aromatic heterocycles. The molecule has 1 aliphatic rings. The Kier molecular flexibility index (Phi) is 2.76. The minimum absolute atomic E-state index is 0.0449. The van der Waals surface area contributed by atoms with Crippen molar-refractivity contribution < 1.29 is 19.4 Å². The van der Waals surface area contributed by atoms with Crippen LogP contribution in [-0.2, 0) is 16.0 Å². The summed E-state index contributed by atoms with van der Waals surface area (Å²) in [6, 6.07) is 6.91. The average Bonchev–Trinajstić information content (AvgIpc) is 2.64. The fourth-order valence-electron chi connectivity index (χ4n) is 1.64. The van der Waals surface area contributed by atoms with E-state index in [0.29, 0.717) is 24.4 Å². The molecular weight excluding hydrogens is 210 g/mol. The molecule has 5 nitrogen and oxygen atoms in total. The van der Waals surface area contributed by atoms with E-state index in [-0.39, 0.29) is 12.5 Å². The molecule has 1 aliphatic heterocycles. The van der Waals surface area contributed by atoms with Crippen molar-refractivity contribution in [2.75, 3.05) is 18.1 Å². The number of benzene rings is 1. The smallest absolute Gasteiger partial charge is 0.414 e. The maximum Gasteiger partial charge on any atom is 0.414 e. The van der Waals surface area contributed by atoms with E-state index in [4.69, 9.17) is 9.84 Å². The standard InChI is InChI=1S/C11H11NO4/c13-10(14)7-8-2-1-3-9(6-8)12-4-5-16-11(12)15/h1-3,6H,4-5,7H2,(H,13,14). The predicted octanol–water partition coefficient (Wildman–Crippen LogP) is 1.27. The molecule has 1 aromatic rings. The highest BCUT2D eigenvalue weighted by Crippen LogP contribution is 2.20. The van der Waals surface area contributed by atoms with Gasteiger partial charge in [-0.1, -0.05) is 12.1 Å². The molecule has 0 unspecified atom stereocenters. The van der Waals surface area contributed by atoms with Crippen LogP contribution in [0.4, 0.5) is 10.5 Å². The fraction of sp³-hybridized carbons (Fsp3) is 0.273. The molecule has 1 amide bonds. The second kappa shape index (κ2) is 4.22. The summed E-state index contributed by atoms with van der Waals surface area (Å²) in [4.78, 5) is 23.3. The number of hydrogen-bond acceptors (Lipinski definition) is 3. The van der Waals surface area contributed by atoms with Gasteiger partial charge in [-0.3, -0.25) is 9.69 Å². The molecule has 5 heteroatoms. The lowest BCUT2D eigenvalue weighted by molar-refractivity contribution is -0.136. The van der Waals surface area contributed by atoms with E-state index in [1.54, 1.807) is 24.3 Å². The van der Waals surface area contributed by atoms with Crippen LogP contribution in [0.15, 0.2) is 24.3 Å². The van der Waals surface area contributed by atoms with E-state index in [1.807, 2.05) is 0 Å². The van der Waals surface area contributed by atoms with Gasteiger partial charge in [-0.2, -0.15) is 0 Å². The van der Waals surface area contributed by atoms with E-state index >= 15 is 0 Å². The largest absolute Gasteiger partial charge is 0.481 e. The van der Waals surface area contributed by atoms with Crippen LogP contribution in [0.1, 0.15) is 5.56 Å². The molecule has 0 radical (unpaired) electrons. The Morgan fingerprint density at radius 2 is 2.31 bits per heavy atom. The third-order valence-corrected chi connectivity index (χ3v) is 2.34. The van der Waals surface area contributed by atoms with Gasteiger partial charge in [0.25, 0.3) is 0 Å². The van der Waals surface area contributed by atoms with Gasteiger partial charge in [-0.15, -0.1) is 0 Å². The molecule has 0 saturated carbocycles. The van der Waals surface area contributed by atoms with Crippen LogP contribution in [0, 0.1) is 0 Å². The van der Waals surface area contributed by atoms with Crippen LogP contribution in [-0.4, -0.2) is 30.3 Å². The Balaban J connectivity index is 2.21. The third kappa shape index (κ3) is 2.13. The summed E-state index contributed by atoms with van der Waals surface area (Å²) in [6.07, 6.45) is -0.427. The molecule has 16 heavy (non-hydrogen) atoms. The first-order valence-corrected chi connectivity index (χ1v) is 4.92. The number of cyclic esters (lactones) is 1. The van der Waals surface area contributed by atoms with Crippen molar-refractivity contribution in [3.63, 3.8) is 0 Å². The van der Waals surface area contributed by atoms with Crippen molar-refractivity contribution in [3.05, 3.63) is 29.8 Å². The van der Waals surface area contributed by atoms with Gasteiger partial charge in [0, 0.05) is 5.69 Å². The average molecular weight is 221 g/mol. The van der Waals surface area contributed by atoms with Gasteiger partial charge in [0.2, 0.25) is 0 Å². The molecule has 84 valence electrons. The number of rotatable bonds is 3. The molecule has 0 spiro atoms. The van der Waals surface area contributed by atoms with E-state index in [0.717, 1.165) is 0 Å². The number of anilines is 1. The number of ether oxygens (including phenoxy) is 1. The first kappa shape index (κ1) is 10.5. The zero-order chi connectivity index (χ0) is 11.5. The van der Waals surface area contributed by atoms with Gasteiger partial charge in [0.05, 0.1) is 13.0 Å². The first-order valence-electron chi connectivity index (χ1n) is 4.92. The zero-order valence-corrected chi connectivity index (χ0v) is 8.55. The maximum absolute atomic E-state index is 11.3. The minimum Gasteiger partial charge on any atom is -0.481 e. The number of carbonyl (C=O) groups excluding carboxylic acids is 1. The number of carboxylic acids is 1. The monoisotopic (exact) mass is 221 g/mol. The second-order valence-corrected chi connectivity index (χ2v) is 3.51. The number of hydrogen-bond donors (Lipinski definition) is 1. The Hall–Kier alpha value is -2.04. The minimum atomic E-state index is -0.888. The molecule has 1 heterocycles. The van der Waals surface area contributed by atoms with E-state index in [9.17, 15) is 9.59 Å². The normalized spacial score (nSPS) is 15.0. The summed E-state index contributed by atoms with van der Waals surface area (Å²) in [6.45, 7) is 0.886. The van der Waals surface area contributed by atoms with Gasteiger partial charge in [-0.05, 0) is 17.7 Å². The molecule has 1 aromatic carbocycles. The molecule has 0 aliphatic carbocycles. The van der Waals surface area contributed by atoms with Crippen LogP contribution in [0.5, 0.6) is 0 Å². The predicted molar refractivity (Wildman–Crippen MR) is 56.5 cm³/mol. The number of nitrogens with zero attached hydrogens (tertiary/aromatic N) is 1. The lowest BCUT2D eigenvalue weighted by atomic mass is 10.1. The molecule has 0 atom stereocenters. The maximum atomic E-state index is 11.3. The van der Waals surface area contributed by atoms with Crippen molar-refractivity contribution in [1.29, 1.82) is 0 Å². The van der Waals surface area contributed by atoms with Crippen LogP contribution < -0.4 is 4.90 Å². The van der Waals surface area contributed by atoms with E-state index in [1.165, 1.54) is 4.90 Å². The molecule has 1 N–H and O–H groups in total. The number of carbonyl (C=O) groups is 2. The Morgan fingerprint density at radius 3 is 2.94 bits per heavy atom. The summed E-state index contributed by atoms with van der Waals surface area (Å²) in [7, 11) is 0. The highest BCUT2D eigenvalue weighted by atomic mass is 16.6. The lowest BCUT2D eigenvalue weighted by Crippen LogP contribution is -2.23. The SMILES string of the molecule is O=C(O)Cc1cccc(N2CCOC2=O)c1. The molecule has 2 rings (SSSR count). The van der Waals surface area contributed by atoms with Gasteiger partial charge in [-0.25, -0.2) is 4.79 Å². The van der Waals surface area contributed by atoms with E-state index in [2.05, 4.69) is 0 Å². The lowest BCUT2D eigenvalue weighted by Gasteiger charge is -2.13. The summed E-state index contributed by atoms with van der Waals surface area (Å²) in [5.74, 6) is -0.888. The first-order chi connectivity index (χ1) is 7.66. The summed E-state index contributed by atoms with van der Waals surface area (Å²) in [5, 5.41) is 8.67. The van der Waals surface area contributed by atoms with Crippen molar-refractivity contribution in [2.45, 2.75) is 6.42 Å². The van der Waals surface area contributed by atoms with Crippen LogP contribution in [0.25, 0.3) is 0 Å². The van der Waals surface area contributed by atoms with Crippen LogP contribution >= 0.6 is 0 Å². The zero-order valence-electron chi connectivity index (χ0n) is 8.55. The van der Waals surface area contributed by atoms with Crippen LogP contribution in [0.2, 0.25) is 0 Å². The van der Waals surface area contributed by atoms with Crippen molar-refractivity contribution in [1.82, 2.24) is 0 Å². The third-order valence-electron chi connectivity index (χ3n) is 2.34. The summed E-state index contributed by atoms with van der Waals surface area (Å²) in [5.41, 5.74) is 1.35. The van der Waals surface area contributed by atoms with Gasteiger partial charge in [0.15, 0.2) is 0 Å². The highest BCUT2D eigenvalue weighted by Gasteiger charge is 2.23. The Labute approximate surface area is 92.2 Å². The molecule has 0 bridgehead atoms. The van der Waals surface area contributed by atoms with Crippen molar-refractivity contribution in [3.8, 4) is 0 Å². The fourth-order valence-corrected chi connectivity index (χ4v) is 1.64. The van der Waals surface area contributed by atoms with E-state index < -0.39 is 5.97 Å². The van der Waals surface area contributed by atoms with Gasteiger partial charge < -0.3 is 9.84 Å². The summed E-state index contributed by atoms with van der Waals surface area (Å²) >= 11 is 0. The topological polar surface area (TPSA) is 66.8 Å². The summed E-state index contributed by atoms with van der Waals surface area (Å²) < 4.78 is 4.81. The molecule has 1 fully saturated rings. The Bertz CT molecular complexity index is 430. The number of carboxylic acid groups (broad SMARTS) is 1. The van der Waals surface area contributed by atoms with Gasteiger partial charge in [0.1, 0.15) is 6.61 Å². The van der Waals surface area contributed by atoms with Crippen LogP contribution in [0.3, 0.4) is 0 Å². The van der Waals surface area contributed by atoms with Crippen molar-refractivity contribution >= 4 is 17.7 Å². The van der Waals surface area contributed by atoms with Gasteiger partial charge >= 0.3 is 12.1 Å². The second-order valence-electron chi connectivity index (χ2n) is 3.51. The van der Waals surface area contributed by atoms with Crippen molar-refractivity contribution in [2.24, 2.45) is 0 Å². The Morgan fingerprint density at radius 1 is 1.50 bits per heavy atom. The molecule has 1 saturated heterocycles. The number of amides is 1. The quantitative estimate of drug-likeness (QED) is 0.834. The molecular formula is C11H11NO4.